The maximum atomic E-state index is 13.1. The van der Waals surface area contributed by atoms with Gasteiger partial charge in [-0.2, -0.15) is 8.42 Å². The first-order chi connectivity index (χ1) is 10.8. The van der Waals surface area contributed by atoms with Crippen LogP contribution in [-0.2, 0) is 10.0 Å². The lowest BCUT2D eigenvalue weighted by atomic mass is 10.1. The van der Waals surface area contributed by atoms with Gasteiger partial charge < -0.3 is 4.42 Å². The van der Waals surface area contributed by atoms with Gasteiger partial charge >= 0.3 is 0 Å². The summed E-state index contributed by atoms with van der Waals surface area (Å²) in [5, 5.41) is -0.380. The Labute approximate surface area is 138 Å². The number of hydrogen-bond acceptors (Lipinski definition) is 5. The largest absolute Gasteiger partial charge is 0.446 e. The van der Waals surface area contributed by atoms with Crippen molar-refractivity contribution < 1.29 is 17.2 Å². The van der Waals surface area contributed by atoms with Gasteiger partial charge in [0.1, 0.15) is 11.6 Å². The lowest BCUT2D eigenvalue weighted by molar-refractivity contribution is 0.374. The quantitative estimate of drug-likeness (QED) is 0.781. The van der Waals surface area contributed by atoms with E-state index in [9.17, 15) is 12.8 Å². The Balaban J connectivity index is 1.79. The smallest absolute Gasteiger partial charge is 0.295 e. The number of nitrogens with one attached hydrogen (secondary N) is 3. The summed E-state index contributed by atoms with van der Waals surface area (Å²) in [5.74, 6) is -0.0943. The van der Waals surface area contributed by atoms with Gasteiger partial charge in [0.2, 0.25) is 5.09 Å². The fraction of sp³-hybridized carbons (Fsp3) is 0.286. The summed E-state index contributed by atoms with van der Waals surface area (Å²) >= 11 is 5.64. The zero-order valence-corrected chi connectivity index (χ0v) is 13.7. The number of sulfonamides is 1. The molecule has 1 fully saturated rings. The van der Waals surface area contributed by atoms with Gasteiger partial charge in [-0.25, -0.2) is 9.82 Å². The summed E-state index contributed by atoms with van der Waals surface area (Å²) in [7, 11) is -3.91. The first-order valence-corrected chi connectivity index (χ1v) is 8.80. The molecule has 2 aromatic rings. The summed E-state index contributed by atoms with van der Waals surface area (Å²) in [6.45, 7) is 2.01. The third-order valence-corrected chi connectivity index (χ3v) is 5.02. The van der Waals surface area contributed by atoms with Crippen LogP contribution in [0.4, 0.5) is 10.1 Å². The van der Waals surface area contributed by atoms with Crippen LogP contribution in [-0.4, -0.2) is 14.5 Å². The van der Waals surface area contributed by atoms with Crippen molar-refractivity contribution in [3.8, 4) is 0 Å². The molecule has 2 atom stereocenters. The molecule has 1 saturated heterocycles. The van der Waals surface area contributed by atoms with Gasteiger partial charge in [-0.15, -0.1) is 0 Å². The van der Waals surface area contributed by atoms with Crippen molar-refractivity contribution in [1.29, 1.82) is 0 Å². The summed E-state index contributed by atoms with van der Waals surface area (Å²) < 4.78 is 45.5. The van der Waals surface area contributed by atoms with Gasteiger partial charge in [-0.05, 0) is 43.7 Å². The molecule has 3 N–H and O–H groups in total. The highest BCUT2D eigenvalue weighted by Crippen LogP contribution is 2.27. The van der Waals surface area contributed by atoms with E-state index in [-0.39, 0.29) is 27.9 Å². The molecule has 124 valence electrons. The molecule has 2 unspecified atom stereocenters. The summed E-state index contributed by atoms with van der Waals surface area (Å²) in [6.07, 6.45) is 0.786. The second kappa shape index (κ2) is 6.12. The molecule has 2 heterocycles. The standard InChI is InChI=1S/C14H15ClFN3O3S/c1-8-6-12(18-17-8)13-4-5-14(22-13)23(20,21)19-9-2-3-11(16)10(15)7-9/h2-5,7-8,12,17-19H,6H2,1H3. The molecule has 9 heteroatoms. The lowest BCUT2D eigenvalue weighted by Gasteiger charge is -2.07. The molecule has 0 radical (unpaired) electrons. The SMILES string of the molecule is CC1CC(c2ccc(S(=O)(=O)Nc3ccc(F)c(Cl)c3)o2)NN1. The van der Waals surface area contributed by atoms with Crippen molar-refractivity contribution in [2.45, 2.75) is 30.5 Å². The number of hydrogen-bond donors (Lipinski definition) is 3. The molecule has 0 amide bonds. The second-order valence-corrected chi connectivity index (χ2v) is 7.39. The maximum Gasteiger partial charge on any atom is 0.295 e. The number of rotatable bonds is 4. The minimum absolute atomic E-state index is 0.0887. The van der Waals surface area contributed by atoms with E-state index in [1.165, 1.54) is 18.2 Å². The Morgan fingerprint density at radius 2 is 2.09 bits per heavy atom. The minimum Gasteiger partial charge on any atom is -0.446 e. The van der Waals surface area contributed by atoms with E-state index in [4.69, 9.17) is 16.0 Å². The summed E-state index contributed by atoms with van der Waals surface area (Å²) in [5.41, 5.74) is 6.23. The van der Waals surface area contributed by atoms with Crippen LogP contribution in [0.15, 0.2) is 39.8 Å². The Morgan fingerprint density at radius 3 is 2.74 bits per heavy atom. The van der Waals surface area contributed by atoms with E-state index in [0.717, 1.165) is 12.5 Å². The number of halogens is 2. The third kappa shape index (κ3) is 3.50. The van der Waals surface area contributed by atoms with Crippen molar-refractivity contribution in [2.75, 3.05) is 4.72 Å². The van der Waals surface area contributed by atoms with Crippen molar-refractivity contribution in [2.24, 2.45) is 0 Å². The van der Waals surface area contributed by atoms with Gasteiger partial charge in [0.05, 0.1) is 16.8 Å². The van der Waals surface area contributed by atoms with Crippen LogP contribution in [0.3, 0.4) is 0 Å². The Hall–Kier alpha value is -1.61. The highest BCUT2D eigenvalue weighted by molar-refractivity contribution is 7.92. The molecule has 1 aromatic carbocycles. The van der Waals surface area contributed by atoms with Gasteiger partial charge in [-0.3, -0.25) is 10.1 Å². The molecular weight excluding hydrogens is 345 g/mol. The highest BCUT2D eigenvalue weighted by atomic mass is 35.5. The Bertz CT molecular complexity index is 824. The van der Waals surface area contributed by atoms with Crippen LogP contribution < -0.4 is 15.6 Å². The van der Waals surface area contributed by atoms with E-state index in [1.807, 2.05) is 6.92 Å². The van der Waals surface area contributed by atoms with Crippen molar-refractivity contribution in [3.05, 3.63) is 46.9 Å². The maximum absolute atomic E-state index is 13.1. The number of furan rings is 1. The second-order valence-electron chi connectivity index (χ2n) is 5.37. The van der Waals surface area contributed by atoms with Gasteiger partial charge in [-0.1, -0.05) is 11.6 Å². The molecule has 1 aromatic heterocycles. The number of hydrazine groups is 1. The van der Waals surface area contributed by atoms with Crippen molar-refractivity contribution >= 4 is 27.3 Å². The van der Waals surface area contributed by atoms with E-state index in [2.05, 4.69) is 15.6 Å². The topological polar surface area (TPSA) is 83.4 Å². The van der Waals surface area contributed by atoms with Crippen molar-refractivity contribution in [3.63, 3.8) is 0 Å². The number of benzene rings is 1. The van der Waals surface area contributed by atoms with Gasteiger partial charge in [0, 0.05) is 6.04 Å². The van der Waals surface area contributed by atoms with Crippen LogP contribution in [0.2, 0.25) is 5.02 Å². The molecule has 3 rings (SSSR count). The molecule has 0 aliphatic carbocycles. The van der Waals surface area contributed by atoms with Gasteiger partial charge in [0.25, 0.3) is 10.0 Å². The Kier molecular flexibility index (Phi) is 4.33. The average molecular weight is 360 g/mol. The molecule has 23 heavy (non-hydrogen) atoms. The van der Waals surface area contributed by atoms with Crippen LogP contribution >= 0.6 is 11.6 Å². The fourth-order valence-electron chi connectivity index (χ4n) is 2.33. The fourth-order valence-corrected chi connectivity index (χ4v) is 3.50. The summed E-state index contributed by atoms with van der Waals surface area (Å²) in [6, 6.07) is 6.74. The Morgan fingerprint density at radius 1 is 1.30 bits per heavy atom. The van der Waals surface area contributed by atoms with E-state index in [0.29, 0.717) is 5.76 Å². The van der Waals surface area contributed by atoms with Crippen molar-refractivity contribution in [1.82, 2.24) is 10.9 Å². The summed E-state index contributed by atoms with van der Waals surface area (Å²) in [4.78, 5) is 0. The normalized spacial score (nSPS) is 21.5. The first-order valence-electron chi connectivity index (χ1n) is 6.94. The molecule has 0 saturated carbocycles. The van der Waals surface area contributed by atoms with Crippen LogP contribution in [0.5, 0.6) is 0 Å². The monoisotopic (exact) mass is 359 g/mol. The molecule has 1 aliphatic heterocycles. The minimum atomic E-state index is -3.91. The van der Waals surface area contributed by atoms with Crippen LogP contribution in [0.1, 0.15) is 25.1 Å². The lowest BCUT2D eigenvalue weighted by Crippen LogP contribution is -2.28. The molecule has 1 aliphatic rings. The predicted octanol–water partition coefficient (Wildman–Crippen LogP) is 2.80. The van der Waals surface area contributed by atoms with Crippen LogP contribution in [0, 0.1) is 5.82 Å². The van der Waals surface area contributed by atoms with Crippen LogP contribution in [0.25, 0.3) is 0 Å². The molecule has 6 nitrogen and oxygen atoms in total. The van der Waals surface area contributed by atoms with E-state index < -0.39 is 15.8 Å². The third-order valence-electron chi connectivity index (χ3n) is 3.48. The molecule has 0 bridgehead atoms. The zero-order chi connectivity index (χ0) is 16.6. The highest BCUT2D eigenvalue weighted by Gasteiger charge is 2.27. The first kappa shape index (κ1) is 16.3. The predicted molar refractivity (Wildman–Crippen MR) is 84.0 cm³/mol. The van der Waals surface area contributed by atoms with E-state index >= 15 is 0 Å². The molecule has 0 spiro atoms. The molecular formula is C14H15ClFN3O3S. The van der Waals surface area contributed by atoms with E-state index in [1.54, 1.807) is 6.07 Å². The zero-order valence-electron chi connectivity index (χ0n) is 12.1. The van der Waals surface area contributed by atoms with Gasteiger partial charge in [0.15, 0.2) is 0 Å². The number of anilines is 1. The average Bonchev–Trinajstić information content (AvgIpc) is 3.11.